The van der Waals surface area contributed by atoms with E-state index in [9.17, 15) is 9.59 Å². The molecule has 11 heavy (non-hydrogen) atoms. The van der Waals surface area contributed by atoms with Gasteiger partial charge in [-0.25, -0.2) is 5.43 Å². The fourth-order valence-corrected chi connectivity index (χ4v) is 0.279. The van der Waals surface area contributed by atoms with Crippen molar-refractivity contribution in [2.45, 2.75) is 6.42 Å². The first kappa shape index (κ1) is 9.36. The van der Waals surface area contributed by atoms with Crippen molar-refractivity contribution in [3.05, 3.63) is 0 Å². The topological polar surface area (TPSA) is 82.3 Å². The maximum absolute atomic E-state index is 10.4. The Morgan fingerprint density at radius 2 is 2.36 bits per heavy atom. The molecule has 2 radical (unpaired) electrons. The van der Waals surface area contributed by atoms with Gasteiger partial charge < -0.3 is 4.79 Å². The van der Waals surface area contributed by atoms with Crippen LogP contribution in [0.5, 0.6) is 0 Å². The quantitative estimate of drug-likeness (QED) is 0.307. The number of nitriles is 1. The number of carbonyl (C=O) groups is 2. The van der Waals surface area contributed by atoms with E-state index in [4.69, 9.17) is 5.26 Å². The molecule has 5 nitrogen and oxygen atoms in total. The molecule has 0 spiro atoms. The standard InChI is InChI=1S/C5H4BN3O2/c6-4(10)3-8-9-5(11)1-2-7/h3H,1H2,(H,9,11). The van der Waals surface area contributed by atoms with Gasteiger partial charge in [0.2, 0.25) is 0 Å². The van der Waals surface area contributed by atoms with Crippen LogP contribution >= 0.6 is 0 Å². The Morgan fingerprint density at radius 1 is 1.73 bits per heavy atom. The predicted octanol–water partition coefficient (Wildman–Crippen LogP) is -1.30. The second kappa shape index (κ2) is 5.17. The van der Waals surface area contributed by atoms with Crippen LogP contribution in [0.2, 0.25) is 0 Å². The third kappa shape index (κ3) is 6.25. The van der Waals surface area contributed by atoms with Gasteiger partial charge in [-0.2, -0.15) is 10.4 Å². The highest BCUT2D eigenvalue weighted by Gasteiger charge is 1.94. The van der Waals surface area contributed by atoms with Crippen molar-refractivity contribution >= 4 is 25.7 Å². The Bertz CT molecular complexity index is 230. The second-order valence-electron chi connectivity index (χ2n) is 1.53. The Labute approximate surface area is 64.5 Å². The molecular weight excluding hydrogens is 145 g/mol. The van der Waals surface area contributed by atoms with E-state index in [1.165, 1.54) is 0 Å². The molecule has 0 saturated carbocycles. The molecule has 0 aliphatic heterocycles. The lowest BCUT2D eigenvalue weighted by atomic mass is 10.1. The van der Waals surface area contributed by atoms with Gasteiger partial charge in [-0.3, -0.25) is 4.79 Å². The molecule has 54 valence electrons. The number of carbonyl (C=O) groups excluding carboxylic acids is 2. The lowest BCUT2D eigenvalue weighted by Gasteiger charge is -1.89. The normalized spacial score (nSPS) is 9.00. The van der Waals surface area contributed by atoms with Gasteiger partial charge in [0.15, 0.2) is 7.85 Å². The van der Waals surface area contributed by atoms with Crippen molar-refractivity contribution in [3.63, 3.8) is 0 Å². The molecule has 0 heterocycles. The summed E-state index contributed by atoms with van der Waals surface area (Å²) in [6, 6.07) is 1.60. The molecule has 6 heteroatoms. The van der Waals surface area contributed by atoms with Crippen LogP contribution < -0.4 is 5.43 Å². The van der Waals surface area contributed by atoms with Crippen molar-refractivity contribution in [2.24, 2.45) is 5.10 Å². The van der Waals surface area contributed by atoms with Crippen LogP contribution in [0.25, 0.3) is 0 Å². The minimum absolute atomic E-state index is 0.296. The van der Waals surface area contributed by atoms with Crippen molar-refractivity contribution < 1.29 is 9.59 Å². The predicted molar refractivity (Wildman–Crippen MR) is 37.6 cm³/mol. The first-order chi connectivity index (χ1) is 5.16. The Balaban J connectivity index is 3.63. The van der Waals surface area contributed by atoms with Crippen LogP contribution in [0.3, 0.4) is 0 Å². The summed E-state index contributed by atoms with van der Waals surface area (Å²) in [6.07, 6.45) is 0.450. The summed E-state index contributed by atoms with van der Waals surface area (Å²) < 4.78 is 0. The van der Waals surface area contributed by atoms with Crippen LogP contribution in [-0.2, 0) is 9.59 Å². The average molecular weight is 149 g/mol. The summed E-state index contributed by atoms with van der Waals surface area (Å²) in [5.41, 5.74) is 1.16. The molecule has 0 aromatic rings. The smallest absolute Gasteiger partial charge is 0.254 e. The number of hydrogen-bond acceptors (Lipinski definition) is 4. The molecule has 1 N–H and O–H groups in total. The van der Waals surface area contributed by atoms with Crippen molar-refractivity contribution in [1.29, 1.82) is 5.26 Å². The molecule has 0 atom stereocenters. The number of nitrogens with one attached hydrogen (secondary N) is 1. The van der Waals surface area contributed by atoms with Crippen molar-refractivity contribution in [1.82, 2.24) is 5.43 Å². The lowest BCUT2D eigenvalue weighted by molar-refractivity contribution is -0.120. The van der Waals surface area contributed by atoms with Gasteiger partial charge in [0.25, 0.3) is 5.91 Å². The van der Waals surface area contributed by atoms with Gasteiger partial charge >= 0.3 is 0 Å². The fourth-order valence-electron chi connectivity index (χ4n) is 0.279. The molecule has 0 aromatic carbocycles. The third-order valence-electron chi connectivity index (χ3n) is 0.621. The first-order valence-electron chi connectivity index (χ1n) is 2.65. The van der Waals surface area contributed by atoms with Crippen LogP contribution in [0.1, 0.15) is 6.42 Å². The molecule has 0 aliphatic rings. The molecule has 0 aliphatic carbocycles. The third-order valence-corrected chi connectivity index (χ3v) is 0.621. The molecule has 0 aromatic heterocycles. The summed E-state index contributed by atoms with van der Waals surface area (Å²) in [7, 11) is 4.65. The van der Waals surface area contributed by atoms with E-state index >= 15 is 0 Å². The zero-order chi connectivity index (χ0) is 8.69. The molecule has 0 fully saturated rings. The Morgan fingerprint density at radius 3 is 2.82 bits per heavy atom. The SMILES string of the molecule is [B]C(=O)C=NNC(=O)CC#N. The number of rotatable bonds is 3. The second-order valence-corrected chi connectivity index (χ2v) is 1.53. The number of amides is 1. The van der Waals surface area contributed by atoms with E-state index in [0.717, 1.165) is 6.21 Å². The van der Waals surface area contributed by atoms with E-state index in [1.807, 2.05) is 5.43 Å². The lowest BCUT2D eigenvalue weighted by Crippen LogP contribution is -2.17. The first-order valence-corrected chi connectivity index (χ1v) is 2.65. The minimum Gasteiger partial charge on any atom is -0.306 e. The van der Waals surface area contributed by atoms with Crippen molar-refractivity contribution in [3.8, 4) is 6.07 Å². The number of hydrogen-bond donors (Lipinski definition) is 1. The molecule has 0 unspecified atom stereocenters. The minimum atomic E-state index is -0.762. The van der Waals surface area contributed by atoms with Gasteiger partial charge in [-0.05, 0) is 0 Å². The molecule has 0 rings (SSSR count). The highest BCUT2D eigenvalue weighted by atomic mass is 16.2. The van der Waals surface area contributed by atoms with E-state index in [0.29, 0.717) is 0 Å². The van der Waals surface area contributed by atoms with E-state index in [-0.39, 0.29) is 6.42 Å². The molecule has 0 bridgehead atoms. The van der Waals surface area contributed by atoms with Crippen molar-refractivity contribution in [2.75, 3.05) is 0 Å². The largest absolute Gasteiger partial charge is 0.306 e. The van der Waals surface area contributed by atoms with Crippen LogP contribution in [0.4, 0.5) is 0 Å². The summed E-state index contributed by atoms with van der Waals surface area (Å²) >= 11 is 0. The average Bonchev–Trinajstić information content (AvgIpc) is 1.87. The van der Waals surface area contributed by atoms with Gasteiger partial charge in [0, 0.05) is 0 Å². The van der Waals surface area contributed by atoms with Crippen LogP contribution in [-0.4, -0.2) is 25.7 Å². The van der Waals surface area contributed by atoms with E-state index in [1.54, 1.807) is 6.07 Å². The summed E-state index contributed by atoms with van der Waals surface area (Å²) in [5.74, 6) is -0.579. The van der Waals surface area contributed by atoms with Gasteiger partial charge in [-0.1, -0.05) is 0 Å². The van der Waals surface area contributed by atoms with Crippen LogP contribution in [0, 0.1) is 11.3 Å². The maximum Gasteiger partial charge on any atom is 0.254 e. The molecule has 0 saturated heterocycles. The summed E-state index contributed by atoms with van der Waals surface area (Å²) in [6.45, 7) is 0. The van der Waals surface area contributed by atoms with Gasteiger partial charge in [0.05, 0.1) is 12.3 Å². The molecule has 1 amide bonds. The maximum atomic E-state index is 10.4. The fraction of sp³-hybridized carbons (Fsp3) is 0.200. The van der Waals surface area contributed by atoms with Gasteiger partial charge in [-0.15, -0.1) is 0 Å². The highest BCUT2D eigenvalue weighted by molar-refractivity contribution is 6.73. The summed E-state index contributed by atoms with van der Waals surface area (Å²) in [4.78, 5) is 20.4. The van der Waals surface area contributed by atoms with E-state index < -0.39 is 11.6 Å². The van der Waals surface area contributed by atoms with Gasteiger partial charge in [0.1, 0.15) is 12.1 Å². The Hall–Kier alpha value is -1.64. The zero-order valence-corrected chi connectivity index (χ0v) is 5.57. The van der Waals surface area contributed by atoms with Crippen LogP contribution in [0.15, 0.2) is 5.10 Å². The highest BCUT2D eigenvalue weighted by Crippen LogP contribution is 1.73. The number of hydrazone groups is 1. The van der Waals surface area contributed by atoms with E-state index in [2.05, 4.69) is 12.9 Å². The zero-order valence-electron chi connectivity index (χ0n) is 5.57. The monoisotopic (exact) mass is 149 g/mol. The Kier molecular flexibility index (Phi) is 4.40. The summed E-state index contributed by atoms with van der Waals surface area (Å²) in [5, 5.41) is 11.1. The number of nitrogens with zero attached hydrogens (tertiary/aromatic N) is 2. The molecular formula is C5H4BN3O2.